The number of para-hydroxylation sites is 2. The Labute approximate surface area is 398 Å². The molecule has 0 saturated carbocycles. The Kier molecular flexibility index (Phi) is 8.42. The van der Waals surface area contributed by atoms with Crippen molar-refractivity contribution in [1.82, 2.24) is 9.13 Å². The summed E-state index contributed by atoms with van der Waals surface area (Å²) in [6.45, 7) is 0. The molecule has 10 aromatic carbocycles. The van der Waals surface area contributed by atoms with Gasteiger partial charge in [-0.15, -0.1) is 22.7 Å². The zero-order valence-electron chi connectivity index (χ0n) is 36.2. The topological polar surface area (TPSA) is 57.4 Å². The Hall–Kier alpha value is -8.78. The molecule has 4 heterocycles. The number of nitriles is 2. The van der Waals surface area contributed by atoms with E-state index in [4.69, 9.17) is 0 Å². The molecule has 0 atom stereocenters. The molecule has 0 N–H and O–H groups in total. The minimum atomic E-state index is 0.429. The van der Waals surface area contributed by atoms with Crippen molar-refractivity contribution in [1.29, 1.82) is 10.5 Å². The second-order valence-electron chi connectivity index (χ2n) is 17.3. The van der Waals surface area contributed by atoms with Gasteiger partial charge in [0.05, 0.1) is 54.0 Å². The van der Waals surface area contributed by atoms with Crippen LogP contribution in [0.4, 0.5) is 0 Å². The van der Waals surface area contributed by atoms with E-state index in [1.165, 1.54) is 30.9 Å². The van der Waals surface area contributed by atoms with Gasteiger partial charge in [0.2, 0.25) is 0 Å². The first-order valence-corrected chi connectivity index (χ1v) is 24.3. The van der Waals surface area contributed by atoms with E-state index < -0.39 is 0 Å². The highest BCUT2D eigenvalue weighted by Gasteiger charge is 2.33. The molecular weight excluding hydrogens is 865 g/mol. The van der Waals surface area contributed by atoms with Gasteiger partial charge in [-0.05, 0) is 46.5 Å². The SMILES string of the molecule is N#Cc1c(-c2ccccc2-c2ccccc2)c(C#N)c(-n2c3c(ccc4c5ccccc5sc43)c3ccc4c5ccccc5sc4c32)c(-c2ccccc2)c1-n1c2ccccc2c2ccccc21. The first-order valence-electron chi connectivity index (χ1n) is 22.6. The van der Waals surface area contributed by atoms with Crippen LogP contribution < -0.4 is 0 Å². The molecule has 6 heteroatoms. The normalized spacial score (nSPS) is 11.8. The highest BCUT2D eigenvalue weighted by Crippen LogP contribution is 2.53. The van der Waals surface area contributed by atoms with Gasteiger partial charge in [0.15, 0.2) is 0 Å². The maximum atomic E-state index is 12.3. The van der Waals surface area contributed by atoms with E-state index in [2.05, 4.69) is 191 Å². The molecule has 0 fully saturated rings. The molecule has 0 bridgehead atoms. The predicted octanol–water partition coefficient (Wildman–Crippen LogP) is 17.4. The zero-order valence-corrected chi connectivity index (χ0v) is 37.9. The molecule has 0 aliphatic rings. The molecular formula is C62H34N4S2. The van der Waals surface area contributed by atoms with E-state index in [1.807, 2.05) is 36.4 Å². The molecule has 0 amide bonds. The lowest BCUT2D eigenvalue weighted by atomic mass is 9.84. The Morgan fingerprint density at radius 1 is 0.324 bits per heavy atom. The van der Waals surface area contributed by atoms with Crippen LogP contribution in [0.1, 0.15) is 11.1 Å². The van der Waals surface area contributed by atoms with Crippen LogP contribution in [-0.4, -0.2) is 9.13 Å². The maximum Gasteiger partial charge on any atom is 0.102 e. The molecule has 4 nitrogen and oxygen atoms in total. The van der Waals surface area contributed by atoms with Crippen molar-refractivity contribution in [3.8, 4) is 56.9 Å². The van der Waals surface area contributed by atoms with Gasteiger partial charge in [-0.25, -0.2) is 0 Å². The van der Waals surface area contributed by atoms with Crippen LogP contribution >= 0.6 is 22.7 Å². The van der Waals surface area contributed by atoms with Crippen LogP contribution in [0.15, 0.2) is 206 Å². The van der Waals surface area contributed by atoms with Crippen molar-refractivity contribution in [3.05, 3.63) is 217 Å². The minimum Gasteiger partial charge on any atom is -0.307 e. The first kappa shape index (κ1) is 38.5. The number of rotatable bonds is 5. The van der Waals surface area contributed by atoms with E-state index >= 15 is 0 Å². The quantitative estimate of drug-likeness (QED) is 0.173. The van der Waals surface area contributed by atoms with Crippen LogP contribution in [0.2, 0.25) is 0 Å². The average molecular weight is 899 g/mol. The van der Waals surface area contributed by atoms with Crippen molar-refractivity contribution in [2.45, 2.75) is 0 Å². The standard InChI is InChI=1S/C62H34N4S2/c63-35-49-56(44-26-8-7-21-39(44)37-17-3-1-4-18-37)50(36-64)58(55(38-19-5-2-6-20-38)57(49)65-51-27-13-9-22-40(51)41-23-10-14-28-52(41)65)66-59-45(31-33-47-42-24-11-15-29-53(42)67-61(47)59)46-32-34-48-43-25-12-16-30-54(43)68-62(48)60(46)66/h1-34H. The molecule has 14 rings (SSSR count). The fourth-order valence-corrected chi connectivity index (χ4v) is 13.5. The van der Waals surface area contributed by atoms with Gasteiger partial charge in [0.25, 0.3) is 0 Å². The third-order valence-electron chi connectivity index (χ3n) is 13.8. The van der Waals surface area contributed by atoms with Crippen LogP contribution in [0, 0.1) is 22.7 Å². The van der Waals surface area contributed by atoms with E-state index in [1.54, 1.807) is 22.7 Å². The van der Waals surface area contributed by atoms with Gasteiger partial charge >= 0.3 is 0 Å². The average Bonchev–Trinajstić information content (AvgIpc) is 4.16. The lowest BCUT2D eigenvalue weighted by molar-refractivity contribution is 1.13. The highest BCUT2D eigenvalue weighted by atomic mass is 32.1. The third kappa shape index (κ3) is 5.33. The number of thiophene rings is 2. The van der Waals surface area contributed by atoms with Crippen LogP contribution in [0.3, 0.4) is 0 Å². The molecule has 0 saturated heterocycles. The number of hydrogen-bond donors (Lipinski definition) is 0. The largest absolute Gasteiger partial charge is 0.307 e. The van der Waals surface area contributed by atoms with Crippen LogP contribution in [-0.2, 0) is 0 Å². The van der Waals surface area contributed by atoms with Crippen molar-refractivity contribution < 1.29 is 0 Å². The maximum absolute atomic E-state index is 12.3. The zero-order chi connectivity index (χ0) is 45.0. The molecule has 4 aromatic heterocycles. The summed E-state index contributed by atoms with van der Waals surface area (Å²) in [6, 6.07) is 78.1. The van der Waals surface area contributed by atoms with Crippen LogP contribution in [0.5, 0.6) is 0 Å². The van der Waals surface area contributed by atoms with Crippen molar-refractivity contribution in [3.63, 3.8) is 0 Å². The van der Waals surface area contributed by atoms with E-state index in [-0.39, 0.29) is 0 Å². The summed E-state index contributed by atoms with van der Waals surface area (Å²) in [7, 11) is 0. The Bertz CT molecular complexity index is 4330. The molecule has 0 aliphatic carbocycles. The highest BCUT2D eigenvalue weighted by molar-refractivity contribution is 7.27. The molecule has 68 heavy (non-hydrogen) atoms. The Balaban J connectivity index is 1.31. The Morgan fingerprint density at radius 2 is 0.735 bits per heavy atom. The summed E-state index contributed by atoms with van der Waals surface area (Å²) in [5.41, 5.74) is 11.4. The molecule has 14 aromatic rings. The fraction of sp³-hybridized carbons (Fsp3) is 0. The van der Waals surface area contributed by atoms with Crippen LogP contribution in [0.25, 0.3) is 129 Å². The van der Waals surface area contributed by atoms with Gasteiger partial charge in [-0.3, -0.25) is 0 Å². The van der Waals surface area contributed by atoms with Crippen molar-refractivity contribution in [2.75, 3.05) is 0 Å². The first-order chi connectivity index (χ1) is 33.7. The number of benzene rings is 10. The van der Waals surface area contributed by atoms with Gasteiger partial charge in [0.1, 0.15) is 12.1 Å². The predicted molar refractivity (Wildman–Crippen MR) is 287 cm³/mol. The summed E-state index contributed by atoms with van der Waals surface area (Å²) < 4.78 is 9.42. The summed E-state index contributed by atoms with van der Waals surface area (Å²) in [4.78, 5) is 0. The summed E-state index contributed by atoms with van der Waals surface area (Å²) in [5, 5.41) is 33.5. The van der Waals surface area contributed by atoms with Gasteiger partial charge < -0.3 is 9.13 Å². The summed E-state index contributed by atoms with van der Waals surface area (Å²) >= 11 is 3.59. The lowest BCUT2D eigenvalue weighted by Crippen LogP contribution is -2.11. The molecule has 0 radical (unpaired) electrons. The second kappa shape index (κ2) is 14.9. The number of hydrogen-bond acceptors (Lipinski definition) is 4. The van der Waals surface area contributed by atoms with Gasteiger partial charge in [0, 0.05) is 63.6 Å². The van der Waals surface area contributed by atoms with E-state index in [0.717, 1.165) is 92.2 Å². The number of nitrogens with zero attached hydrogens (tertiary/aromatic N) is 4. The second-order valence-corrected chi connectivity index (χ2v) is 19.4. The minimum absolute atomic E-state index is 0.429. The summed E-state index contributed by atoms with van der Waals surface area (Å²) in [5.74, 6) is 0. The third-order valence-corrected chi connectivity index (χ3v) is 16.2. The number of aromatic nitrogens is 2. The summed E-state index contributed by atoms with van der Waals surface area (Å²) in [6.07, 6.45) is 0. The van der Waals surface area contributed by atoms with E-state index in [9.17, 15) is 10.5 Å². The monoisotopic (exact) mass is 898 g/mol. The Morgan fingerprint density at radius 3 is 1.26 bits per heavy atom. The lowest BCUT2D eigenvalue weighted by Gasteiger charge is -2.26. The smallest absolute Gasteiger partial charge is 0.102 e. The van der Waals surface area contributed by atoms with Crippen molar-refractivity contribution in [2.24, 2.45) is 0 Å². The molecule has 0 unspecified atom stereocenters. The van der Waals surface area contributed by atoms with Gasteiger partial charge in [-0.1, -0.05) is 182 Å². The van der Waals surface area contributed by atoms with E-state index in [0.29, 0.717) is 16.7 Å². The fourth-order valence-electron chi connectivity index (χ4n) is 11.0. The van der Waals surface area contributed by atoms with Crippen molar-refractivity contribution >= 4 is 107 Å². The molecule has 0 aliphatic heterocycles. The molecule has 314 valence electrons. The van der Waals surface area contributed by atoms with Gasteiger partial charge in [-0.2, -0.15) is 10.5 Å². The molecule has 0 spiro atoms. The number of fused-ring (bicyclic) bond motifs is 14.